The zero-order valence-corrected chi connectivity index (χ0v) is 11.6. The van der Waals surface area contributed by atoms with Crippen LogP contribution in [0.4, 0.5) is 4.39 Å². The number of halogens is 1. The second-order valence-electron chi connectivity index (χ2n) is 4.33. The molecule has 4 nitrogen and oxygen atoms in total. The molecule has 6 heteroatoms. The highest BCUT2D eigenvalue weighted by atomic mass is 32.2. The average molecular weight is 295 g/mol. The summed E-state index contributed by atoms with van der Waals surface area (Å²) in [6, 6.07) is 10.8. The summed E-state index contributed by atoms with van der Waals surface area (Å²) in [6.07, 6.45) is 0. The lowest BCUT2D eigenvalue weighted by Gasteiger charge is -2.15. The first-order valence-corrected chi connectivity index (χ1v) is 7.45. The lowest BCUT2D eigenvalue weighted by atomic mass is 10.1. The molecule has 2 rings (SSSR count). The Balaban J connectivity index is 2.30. The Hall–Kier alpha value is -1.92. The molecule has 20 heavy (non-hydrogen) atoms. The summed E-state index contributed by atoms with van der Waals surface area (Å²) in [7, 11) is -3.92. The molecule has 0 heterocycles. The standard InChI is InChI=1S/C14H14FNO3S/c1-10(11-6-2-3-7-12(11)15)16-20(18,19)14-9-5-4-8-13(14)17/h2-10,16-17H,1H3. The van der Waals surface area contributed by atoms with Crippen molar-refractivity contribution in [3.8, 4) is 5.75 Å². The van der Waals surface area contributed by atoms with Crippen LogP contribution in [0.5, 0.6) is 5.75 Å². The van der Waals surface area contributed by atoms with Crippen LogP contribution in [-0.4, -0.2) is 13.5 Å². The molecule has 0 bridgehead atoms. The van der Waals surface area contributed by atoms with Crippen LogP contribution in [0.2, 0.25) is 0 Å². The summed E-state index contributed by atoms with van der Waals surface area (Å²) >= 11 is 0. The molecule has 1 atom stereocenters. The van der Waals surface area contributed by atoms with Gasteiger partial charge in [-0.05, 0) is 25.1 Å². The van der Waals surface area contributed by atoms with Gasteiger partial charge in [0.1, 0.15) is 16.5 Å². The quantitative estimate of drug-likeness (QED) is 0.911. The zero-order chi connectivity index (χ0) is 14.8. The fourth-order valence-electron chi connectivity index (χ4n) is 1.87. The van der Waals surface area contributed by atoms with Gasteiger partial charge in [-0.3, -0.25) is 0 Å². The summed E-state index contributed by atoms with van der Waals surface area (Å²) in [5, 5.41) is 9.59. The Morgan fingerprint density at radius 2 is 1.70 bits per heavy atom. The zero-order valence-electron chi connectivity index (χ0n) is 10.7. The number of hydrogen-bond acceptors (Lipinski definition) is 3. The van der Waals surface area contributed by atoms with E-state index < -0.39 is 21.9 Å². The molecule has 0 aliphatic heterocycles. The topological polar surface area (TPSA) is 66.4 Å². The highest BCUT2D eigenvalue weighted by Crippen LogP contribution is 2.24. The number of sulfonamides is 1. The van der Waals surface area contributed by atoms with Crippen LogP contribution in [-0.2, 0) is 10.0 Å². The molecule has 0 aromatic heterocycles. The number of para-hydroxylation sites is 1. The smallest absolute Gasteiger partial charge is 0.244 e. The van der Waals surface area contributed by atoms with Crippen LogP contribution < -0.4 is 4.72 Å². The first-order chi connectivity index (χ1) is 9.42. The molecule has 0 aliphatic rings. The number of nitrogens with one attached hydrogen (secondary N) is 1. The van der Waals surface area contributed by atoms with Crippen molar-refractivity contribution in [3.63, 3.8) is 0 Å². The summed E-state index contributed by atoms with van der Waals surface area (Å²) in [5.41, 5.74) is 0.242. The maximum absolute atomic E-state index is 13.6. The van der Waals surface area contributed by atoms with Gasteiger partial charge in [-0.2, -0.15) is 0 Å². The second kappa shape index (κ2) is 5.60. The van der Waals surface area contributed by atoms with E-state index in [-0.39, 0.29) is 16.2 Å². The van der Waals surface area contributed by atoms with E-state index in [1.165, 1.54) is 49.4 Å². The third kappa shape index (κ3) is 2.97. The minimum absolute atomic E-state index is 0.233. The van der Waals surface area contributed by atoms with Gasteiger partial charge in [0.2, 0.25) is 10.0 Å². The van der Waals surface area contributed by atoms with E-state index in [2.05, 4.69) is 4.72 Å². The van der Waals surface area contributed by atoms with E-state index in [0.29, 0.717) is 0 Å². The number of phenols is 1. The van der Waals surface area contributed by atoms with Gasteiger partial charge in [0, 0.05) is 11.6 Å². The Labute approximate surface area is 116 Å². The molecule has 0 saturated heterocycles. The van der Waals surface area contributed by atoms with Crippen molar-refractivity contribution in [1.82, 2.24) is 4.72 Å². The molecule has 0 saturated carbocycles. The van der Waals surface area contributed by atoms with Gasteiger partial charge >= 0.3 is 0 Å². The molecule has 0 aliphatic carbocycles. The Morgan fingerprint density at radius 1 is 1.10 bits per heavy atom. The van der Waals surface area contributed by atoms with Gasteiger partial charge in [0.25, 0.3) is 0 Å². The number of hydrogen-bond donors (Lipinski definition) is 2. The number of rotatable bonds is 4. The molecular weight excluding hydrogens is 281 g/mol. The van der Waals surface area contributed by atoms with E-state index in [9.17, 15) is 17.9 Å². The minimum atomic E-state index is -3.92. The summed E-state index contributed by atoms with van der Waals surface area (Å²) < 4.78 is 40.3. The van der Waals surface area contributed by atoms with Crippen molar-refractivity contribution in [3.05, 3.63) is 59.9 Å². The average Bonchev–Trinajstić information content (AvgIpc) is 2.38. The minimum Gasteiger partial charge on any atom is -0.507 e. The van der Waals surface area contributed by atoms with Gasteiger partial charge in [-0.1, -0.05) is 30.3 Å². The van der Waals surface area contributed by atoms with Crippen LogP contribution in [0, 0.1) is 5.82 Å². The summed E-state index contributed by atoms with van der Waals surface area (Å²) in [5.74, 6) is -0.833. The predicted octanol–water partition coefficient (Wildman–Crippen LogP) is 2.57. The monoisotopic (exact) mass is 295 g/mol. The lowest BCUT2D eigenvalue weighted by molar-refractivity contribution is 0.457. The highest BCUT2D eigenvalue weighted by Gasteiger charge is 2.22. The van der Waals surface area contributed by atoms with Gasteiger partial charge in [-0.15, -0.1) is 0 Å². The SMILES string of the molecule is CC(NS(=O)(=O)c1ccccc1O)c1ccccc1F. The molecule has 0 spiro atoms. The molecule has 106 valence electrons. The van der Waals surface area contributed by atoms with E-state index in [4.69, 9.17) is 0 Å². The molecule has 0 amide bonds. The van der Waals surface area contributed by atoms with Crippen molar-refractivity contribution >= 4 is 10.0 Å². The molecule has 1 unspecified atom stereocenters. The molecule has 0 fully saturated rings. The van der Waals surface area contributed by atoms with E-state index in [1.54, 1.807) is 6.07 Å². The van der Waals surface area contributed by atoms with Crippen molar-refractivity contribution in [2.24, 2.45) is 0 Å². The van der Waals surface area contributed by atoms with Crippen molar-refractivity contribution < 1.29 is 17.9 Å². The first kappa shape index (κ1) is 14.5. The van der Waals surface area contributed by atoms with Crippen molar-refractivity contribution in [2.45, 2.75) is 17.9 Å². The summed E-state index contributed by atoms with van der Waals surface area (Å²) in [6.45, 7) is 1.54. The Kier molecular flexibility index (Phi) is 4.06. The van der Waals surface area contributed by atoms with Crippen LogP contribution in [0.25, 0.3) is 0 Å². The Bertz CT molecular complexity index is 716. The largest absolute Gasteiger partial charge is 0.507 e. The van der Waals surface area contributed by atoms with Crippen LogP contribution in [0.3, 0.4) is 0 Å². The third-order valence-electron chi connectivity index (χ3n) is 2.86. The molecule has 2 aromatic rings. The van der Waals surface area contributed by atoms with E-state index >= 15 is 0 Å². The van der Waals surface area contributed by atoms with Crippen LogP contribution >= 0.6 is 0 Å². The first-order valence-electron chi connectivity index (χ1n) is 5.96. The van der Waals surface area contributed by atoms with Crippen LogP contribution in [0.15, 0.2) is 53.4 Å². The van der Waals surface area contributed by atoms with Crippen molar-refractivity contribution in [2.75, 3.05) is 0 Å². The normalized spacial score (nSPS) is 13.1. The number of phenolic OH excluding ortho intramolecular Hbond substituents is 1. The number of benzene rings is 2. The molecular formula is C14H14FNO3S. The fraction of sp³-hybridized carbons (Fsp3) is 0.143. The van der Waals surface area contributed by atoms with Gasteiger partial charge < -0.3 is 5.11 Å². The number of aromatic hydroxyl groups is 1. The second-order valence-corrected chi connectivity index (χ2v) is 6.01. The van der Waals surface area contributed by atoms with Gasteiger partial charge in [0.15, 0.2) is 0 Å². The highest BCUT2D eigenvalue weighted by molar-refractivity contribution is 7.89. The molecule has 2 N–H and O–H groups in total. The molecule has 0 radical (unpaired) electrons. The van der Waals surface area contributed by atoms with E-state index in [1.807, 2.05) is 0 Å². The maximum atomic E-state index is 13.6. The predicted molar refractivity (Wildman–Crippen MR) is 73.2 cm³/mol. The van der Waals surface area contributed by atoms with Crippen molar-refractivity contribution in [1.29, 1.82) is 0 Å². The Morgan fingerprint density at radius 3 is 2.35 bits per heavy atom. The summed E-state index contributed by atoms with van der Waals surface area (Å²) in [4.78, 5) is -0.233. The fourth-order valence-corrected chi connectivity index (χ4v) is 3.19. The lowest BCUT2D eigenvalue weighted by Crippen LogP contribution is -2.27. The van der Waals surface area contributed by atoms with Gasteiger partial charge in [-0.25, -0.2) is 17.5 Å². The maximum Gasteiger partial charge on any atom is 0.244 e. The van der Waals surface area contributed by atoms with E-state index in [0.717, 1.165) is 0 Å². The third-order valence-corrected chi connectivity index (χ3v) is 4.45. The van der Waals surface area contributed by atoms with Gasteiger partial charge in [0.05, 0.1) is 0 Å². The van der Waals surface area contributed by atoms with Crippen LogP contribution in [0.1, 0.15) is 18.5 Å². The molecule has 2 aromatic carbocycles.